The number of nitrogens with zero attached hydrogens (tertiary/aromatic N) is 2. The lowest BCUT2D eigenvalue weighted by Crippen LogP contribution is -2.37. The summed E-state index contributed by atoms with van der Waals surface area (Å²) in [5, 5.41) is 0. The third kappa shape index (κ3) is 3.17. The standard InChI is InChI=1S/C16H22N2O3S/c1-22(20,21)18-8-6-14-9-16(5-4-15(14)11-18)17-7-2-3-13(10-17)12-19/h4-5,9,12-13H,2-3,6-8,10-11H2,1H3. The minimum Gasteiger partial charge on any atom is -0.371 e. The van der Waals surface area contributed by atoms with Gasteiger partial charge in [-0.05, 0) is 42.5 Å². The number of carbonyl (C=O) groups excluding carboxylic acids is 1. The zero-order chi connectivity index (χ0) is 15.7. The van der Waals surface area contributed by atoms with Gasteiger partial charge in [-0.15, -0.1) is 0 Å². The van der Waals surface area contributed by atoms with Gasteiger partial charge >= 0.3 is 0 Å². The molecule has 1 aromatic rings. The van der Waals surface area contributed by atoms with Crippen LogP contribution in [0.4, 0.5) is 5.69 Å². The lowest BCUT2D eigenvalue weighted by molar-refractivity contribution is -0.111. The first-order valence-electron chi connectivity index (χ1n) is 7.74. The van der Waals surface area contributed by atoms with Gasteiger partial charge in [0.25, 0.3) is 0 Å². The maximum absolute atomic E-state index is 11.7. The van der Waals surface area contributed by atoms with Crippen LogP contribution in [-0.4, -0.2) is 44.9 Å². The molecule has 0 bridgehead atoms. The molecule has 120 valence electrons. The molecule has 1 atom stereocenters. The van der Waals surface area contributed by atoms with Crippen molar-refractivity contribution in [2.45, 2.75) is 25.8 Å². The molecular weight excluding hydrogens is 300 g/mol. The van der Waals surface area contributed by atoms with Gasteiger partial charge in [0.2, 0.25) is 10.0 Å². The molecule has 2 aliphatic rings. The van der Waals surface area contributed by atoms with Crippen LogP contribution in [0, 0.1) is 5.92 Å². The minimum absolute atomic E-state index is 0.130. The molecule has 1 aromatic carbocycles. The van der Waals surface area contributed by atoms with Gasteiger partial charge < -0.3 is 9.69 Å². The predicted octanol–water partition coefficient (Wildman–Crippen LogP) is 1.42. The zero-order valence-corrected chi connectivity index (χ0v) is 13.7. The van der Waals surface area contributed by atoms with E-state index in [4.69, 9.17) is 0 Å². The summed E-state index contributed by atoms with van der Waals surface area (Å²) in [5.74, 6) is 0.130. The second kappa shape index (κ2) is 6.01. The number of fused-ring (bicyclic) bond motifs is 1. The highest BCUT2D eigenvalue weighted by atomic mass is 32.2. The topological polar surface area (TPSA) is 57.7 Å². The van der Waals surface area contributed by atoms with E-state index in [9.17, 15) is 13.2 Å². The van der Waals surface area contributed by atoms with Crippen LogP contribution >= 0.6 is 0 Å². The molecular formula is C16H22N2O3S. The van der Waals surface area contributed by atoms with Crippen molar-refractivity contribution in [1.29, 1.82) is 0 Å². The first kappa shape index (κ1) is 15.5. The summed E-state index contributed by atoms with van der Waals surface area (Å²) in [4.78, 5) is 13.3. The van der Waals surface area contributed by atoms with Crippen molar-refractivity contribution < 1.29 is 13.2 Å². The molecule has 0 amide bonds. The molecule has 2 aliphatic heterocycles. The molecule has 1 unspecified atom stereocenters. The molecule has 2 heterocycles. The smallest absolute Gasteiger partial charge is 0.211 e. The fourth-order valence-corrected chi connectivity index (χ4v) is 4.15. The van der Waals surface area contributed by atoms with Crippen molar-refractivity contribution in [3.63, 3.8) is 0 Å². The SMILES string of the molecule is CS(=O)(=O)N1CCc2cc(N3CCCC(C=O)C3)ccc2C1. The number of rotatable bonds is 3. The van der Waals surface area contributed by atoms with Crippen LogP contribution in [0.25, 0.3) is 0 Å². The Morgan fingerprint density at radius 2 is 2.05 bits per heavy atom. The number of sulfonamides is 1. The summed E-state index contributed by atoms with van der Waals surface area (Å²) in [6.45, 7) is 2.79. The van der Waals surface area contributed by atoms with E-state index in [1.807, 2.05) is 6.07 Å². The zero-order valence-electron chi connectivity index (χ0n) is 12.9. The van der Waals surface area contributed by atoms with E-state index in [1.54, 1.807) is 0 Å². The highest BCUT2D eigenvalue weighted by Crippen LogP contribution is 2.28. The average Bonchev–Trinajstić information content (AvgIpc) is 2.53. The summed E-state index contributed by atoms with van der Waals surface area (Å²) < 4.78 is 24.9. The Bertz CT molecular complexity index is 672. The second-order valence-electron chi connectivity index (χ2n) is 6.28. The van der Waals surface area contributed by atoms with Crippen LogP contribution in [0.1, 0.15) is 24.0 Å². The molecule has 0 spiro atoms. The third-order valence-electron chi connectivity index (χ3n) is 4.65. The van der Waals surface area contributed by atoms with Crippen molar-refractivity contribution >= 4 is 22.0 Å². The normalized spacial score (nSPS) is 23.1. The monoisotopic (exact) mass is 322 g/mol. The summed E-state index contributed by atoms with van der Waals surface area (Å²) in [7, 11) is -3.13. The Labute approximate surface area is 132 Å². The van der Waals surface area contributed by atoms with E-state index in [2.05, 4.69) is 17.0 Å². The number of carbonyl (C=O) groups is 1. The van der Waals surface area contributed by atoms with Gasteiger partial charge in [0.05, 0.1) is 6.26 Å². The van der Waals surface area contributed by atoms with Gasteiger partial charge in [0.15, 0.2) is 0 Å². The Hall–Kier alpha value is -1.40. The van der Waals surface area contributed by atoms with Gasteiger partial charge in [-0.2, -0.15) is 4.31 Å². The number of hydrogen-bond donors (Lipinski definition) is 0. The Morgan fingerprint density at radius 3 is 2.77 bits per heavy atom. The average molecular weight is 322 g/mol. The molecule has 0 saturated carbocycles. The van der Waals surface area contributed by atoms with Gasteiger partial charge in [-0.1, -0.05) is 6.07 Å². The van der Waals surface area contributed by atoms with Gasteiger partial charge in [0.1, 0.15) is 6.29 Å². The van der Waals surface area contributed by atoms with Crippen LogP contribution in [0.5, 0.6) is 0 Å². The highest BCUT2D eigenvalue weighted by Gasteiger charge is 2.25. The summed E-state index contributed by atoms with van der Waals surface area (Å²) in [5.41, 5.74) is 3.47. The lowest BCUT2D eigenvalue weighted by Gasteiger charge is -2.33. The molecule has 0 radical (unpaired) electrons. The maximum Gasteiger partial charge on any atom is 0.211 e. The van der Waals surface area contributed by atoms with E-state index in [1.165, 1.54) is 16.1 Å². The molecule has 1 saturated heterocycles. The van der Waals surface area contributed by atoms with Crippen LogP contribution in [-0.2, 0) is 27.8 Å². The molecule has 0 aliphatic carbocycles. The Morgan fingerprint density at radius 1 is 1.23 bits per heavy atom. The number of hydrogen-bond acceptors (Lipinski definition) is 4. The summed E-state index contributed by atoms with van der Waals surface area (Å²) in [6, 6.07) is 6.26. The molecule has 3 rings (SSSR count). The van der Waals surface area contributed by atoms with Gasteiger partial charge in [-0.3, -0.25) is 0 Å². The van der Waals surface area contributed by atoms with E-state index in [0.29, 0.717) is 13.1 Å². The molecule has 5 nitrogen and oxygen atoms in total. The molecule has 0 aromatic heterocycles. The summed E-state index contributed by atoms with van der Waals surface area (Å²) in [6.07, 6.45) is 5.10. The number of aldehydes is 1. The van der Waals surface area contributed by atoms with E-state index in [0.717, 1.165) is 49.9 Å². The Kier molecular flexibility index (Phi) is 4.23. The number of anilines is 1. The van der Waals surface area contributed by atoms with Crippen molar-refractivity contribution in [3.8, 4) is 0 Å². The van der Waals surface area contributed by atoms with Gasteiger partial charge in [-0.25, -0.2) is 8.42 Å². The second-order valence-corrected chi connectivity index (χ2v) is 8.27. The number of benzene rings is 1. The molecule has 0 N–H and O–H groups in total. The highest BCUT2D eigenvalue weighted by molar-refractivity contribution is 7.88. The lowest BCUT2D eigenvalue weighted by atomic mass is 9.96. The first-order valence-corrected chi connectivity index (χ1v) is 9.59. The van der Waals surface area contributed by atoms with Crippen molar-refractivity contribution in [3.05, 3.63) is 29.3 Å². The van der Waals surface area contributed by atoms with Crippen LogP contribution < -0.4 is 4.90 Å². The molecule has 22 heavy (non-hydrogen) atoms. The minimum atomic E-state index is -3.13. The van der Waals surface area contributed by atoms with Gasteiger partial charge in [0, 0.05) is 37.8 Å². The van der Waals surface area contributed by atoms with Crippen LogP contribution in [0.3, 0.4) is 0 Å². The van der Waals surface area contributed by atoms with Crippen molar-refractivity contribution in [2.75, 3.05) is 30.8 Å². The van der Waals surface area contributed by atoms with Crippen LogP contribution in [0.15, 0.2) is 18.2 Å². The van der Waals surface area contributed by atoms with E-state index in [-0.39, 0.29) is 5.92 Å². The fraction of sp³-hybridized carbons (Fsp3) is 0.562. The van der Waals surface area contributed by atoms with Crippen molar-refractivity contribution in [1.82, 2.24) is 4.31 Å². The third-order valence-corrected chi connectivity index (χ3v) is 5.90. The number of piperidine rings is 1. The maximum atomic E-state index is 11.7. The van der Waals surface area contributed by atoms with E-state index < -0.39 is 10.0 Å². The first-order chi connectivity index (χ1) is 10.5. The van der Waals surface area contributed by atoms with Crippen LogP contribution in [0.2, 0.25) is 0 Å². The predicted molar refractivity (Wildman–Crippen MR) is 86.4 cm³/mol. The molecule has 6 heteroatoms. The summed E-state index contributed by atoms with van der Waals surface area (Å²) >= 11 is 0. The molecule has 1 fully saturated rings. The quantitative estimate of drug-likeness (QED) is 0.790. The van der Waals surface area contributed by atoms with E-state index >= 15 is 0 Å². The van der Waals surface area contributed by atoms with Crippen molar-refractivity contribution in [2.24, 2.45) is 5.92 Å². The largest absolute Gasteiger partial charge is 0.371 e. The fourth-order valence-electron chi connectivity index (χ4n) is 3.35. The Balaban J connectivity index is 1.79.